The van der Waals surface area contributed by atoms with Crippen LogP contribution in [-0.4, -0.2) is 33.4 Å². The third kappa shape index (κ3) is 3.61. The molecular formula is C23H21N5O2. The Hall–Kier alpha value is -3.74. The molecule has 3 aromatic heterocycles. The number of anilines is 1. The second kappa shape index (κ2) is 7.94. The lowest BCUT2D eigenvalue weighted by atomic mass is 10.1. The first-order chi connectivity index (χ1) is 14.8. The lowest BCUT2D eigenvalue weighted by molar-refractivity contribution is -0.122. The van der Waals surface area contributed by atoms with E-state index in [9.17, 15) is 4.79 Å². The molecule has 150 valence electrons. The molecule has 1 unspecified atom stereocenters. The Bertz CT molecular complexity index is 1140. The van der Waals surface area contributed by atoms with Gasteiger partial charge in [0.1, 0.15) is 11.6 Å². The van der Waals surface area contributed by atoms with E-state index < -0.39 is 0 Å². The molecule has 4 aromatic rings. The van der Waals surface area contributed by atoms with Gasteiger partial charge in [0.25, 0.3) is 6.01 Å². The Morgan fingerprint density at radius 1 is 1.13 bits per heavy atom. The summed E-state index contributed by atoms with van der Waals surface area (Å²) in [6.45, 7) is 1.20. The van der Waals surface area contributed by atoms with E-state index in [1.165, 1.54) is 0 Å². The number of nitrogens with one attached hydrogen (secondary N) is 1. The second-order valence-electron chi connectivity index (χ2n) is 7.32. The van der Waals surface area contributed by atoms with Gasteiger partial charge in [0.05, 0.1) is 5.69 Å². The van der Waals surface area contributed by atoms with Crippen molar-refractivity contribution in [2.75, 3.05) is 11.4 Å². The Morgan fingerprint density at radius 2 is 2.00 bits per heavy atom. The summed E-state index contributed by atoms with van der Waals surface area (Å²) in [7, 11) is 0. The van der Waals surface area contributed by atoms with Gasteiger partial charge in [-0.2, -0.15) is 4.98 Å². The van der Waals surface area contributed by atoms with Gasteiger partial charge < -0.3 is 14.6 Å². The quantitative estimate of drug-likeness (QED) is 0.552. The summed E-state index contributed by atoms with van der Waals surface area (Å²) in [5.41, 5.74) is 4.39. The predicted molar refractivity (Wildman–Crippen MR) is 114 cm³/mol. The molecular weight excluding hydrogens is 378 g/mol. The molecule has 30 heavy (non-hydrogen) atoms. The van der Waals surface area contributed by atoms with Crippen molar-refractivity contribution in [2.24, 2.45) is 0 Å². The minimum Gasteiger partial charge on any atom is -0.423 e. The van der Waals surface area contributed by atoms with Crippen LogP contribution in [0.2, 0.25) is 0 Å². The number of amides is 1. The molecule has 0 spiro atoms. The van der Waals surface area contributed by atoms with Gasteiger partial charge in [-0.1, -0.05) is 12.1 Å². The second-order valence-corrected chi connectivity index (χ2v) is 7.32. The number of benzene rings is 1. The molecule has 0 bridgehead atoms. The summed E-state index contributed by atoms with van der Waals surface area (Å²) >= 11 is 0. The highest BCUT2D eigenvalue weighted by molar-refractivity contribution is 5.85. The van der Waals surface area contributed by atoms with E-state index in [1.54, 1.807) is 18.6 Å². The molecule has 1 saturated heterocycles. The number of oxazole rings is 1. The van der Waals surface area contributed by atoms with Crippen molar-refractivity contribution in [2.45, 2.75) is 25.4 Å². The number of pyridine rings is 2. The van der Waals surface area contributed by atoms with Crippen LogP contribution in [0.25, 0.3) is 22.4 Å². The SMILES string of the molecule is O=C(NCc1ccnc(-c2ccncc2)c1)C1CCCN1c1nc2ccccc2o1. The van der Waals surface area contributed by atoms with Gasteiger partial charge >= 0.3 is 0 Å². The van der Waals surface area contributed by atoms with Gasteiger partial charge in [0, 0.05) is 37.2 Å². The number of fused-ring (bicyclic) bond motifs is 1. The largest absolute Gasteiger partial charge is 0.423 e. The zero-order valence-electron chi connectivity index (χ0n) is 16.4. The van der Waals surface area contributed by atoms with Crippen LogP contribution >= 0.6 is 0 Å². The fourth-order valence-corrected chi connectivity index (χ4v) is 3.82. The lowest BCUT2D eigenvalue weighted by Gasteiger charge is -2.22. The molecule has 1 fully saturated rings. The molecule has 1 aliphatic rings. The molecule has 7 nitrogen and oxygen atoms in total. The predicted octanol–water partition coefficient (Wildman–Crippen LogP) is 3.57. The smallest absolute Gasteiger partial charge is 0.299 e. The van der Waals surface area contributed by atoms with Gasteiger partial charge in [0.15, 0.2) is 5.58 Å². The van der Waals surface area contributed by atoms with E-state index in [1.807, 2.05) is 53.4 Å². The van der Waals surface area contributed by atoms with Gasteiger partial charge in [-0.25, -0.2) is 0 Å². The maximum absolute atomic E-state index is 12.9. The lowest BCUT2D eigenvalue weighted by Crippen LogP contribution is -2.43. The normalized spacial score (nSPS) is 16.1. The van der Waals surface area contributed by atoms with Crippen molar-refractivity contribution >= 4 is 23.0 Å². The fraction of sp³-hybridized carbons (Fsp3) is 0.217. The van der Waals surface area contributed by atoms with E-state index >= 15 is 0 Å². The number of hydrogen-bond acceptors (Lipinski definition) is 6. The Kier molecular flexibility index (Phi) is 4.85. The zero-order chi connectivity index (χ0) is 20.3. The highest BCUT2D eigenvalue weighted by Gasteiger charge is 2.33. The van der Waals surface area contributed by atoms with Crippen LogP contribution in [0.4, 0.5) is 6.01 Å². The fourth-order valence-electron chi connectivity index (χ4n) is 3.82. The first-order valence-corrected chi connectivity index (χ1v) is 10.0. The topological polar surface area (TPSA) is 84.2 Å². The van der Waals surface area contributed by atoms with Crippen LogP contribution in [0.5, 0.6) is 0 Å². The third-order valence-corrected chi connectivity index (χ3v) is 5.35. The number of para-hydroxylation sites is 2. The molecule has 1 amide bonds. The summed E-state index contributed by atoms with van der Waals surface area (Å²) in [5, 5.41) is 3.06. The molecule has 1 aromatic carbocycles. The summed E-state index contributed by atoms with van der Waals surface area (Å²) in [6, 6.07) is 15.6. The molecule has 0 radical (unpaired) electrons. The monoisotopic (exact) mass is 399 g/mol. The van der Waals surface area contributed by atoms with E-state index in [-0.39, 0.29) is 11.9 Å². The van der Waals surface area contributed by atoms with Crippen LogP contribution in [0.3, 0.4) is 0 Å². The Balaban J connectivity index is 1.28. The number of carbonyl (C=O) groups is 1. The standard InChI is InChI=1S/C23H21N5O2/c29-22(26-15-16-7-12-25-19(14-16)17-8-10-24-11-9-17)20-5-3-13-28(20)23-27-18-4-1-2-6-21(18)30-23/h1-2,4,6-12,14,20H,3,5,13,15H2,(H,26,29). The first kappa shape index (κ1) is 18.3. The van der Waals surface area contributed by atoms with Gasteiger partial charge in [0.2, 0.25) is 5.91 Å². The van der Waals surface area contributed by atoms with E-state index in [0.29, 0.717) is 12.6 Å². The molecule has 1 N–H and O–H groups in total. The number of hydrogen-bond donors (Lipinski definition) is 1. The average molecular weight is 399 g/mol. The van der Waals surface area contributed by atoms with Gasteiger partial charge in [-0.05, 0) is 54.8 Å². The molecule has 0 saturated carbocycles. The number of rotatable bonds is 5. The van der Waals surface area contributed by atoms with Crippen LogP contribution in [0.1, 0.15) is 18.4 Å². The summed E-state index contributed by atoms with van der Waals surface area (Å²) in [5.74, 6) is -0.0166. The van der Waals surface area contributed by atoms with Gasteiger partial charge in [-0.15, -0.1) is 0 Å². The van der Waals surface area contributed by atoms with E-state index in [2.05, 4.69) is 20.3 Å². The molecule has 4 heterocycles. The Labute approximate surface area is 173 Å². The maximum atomic E-state index is 12.9. The Morgan fingerprint density at radius 3 is 2.87 bits per heavy atom. The van der Waals surface area contributed by atoms with Crippen LogP contribution in [0.15, 0.2) is 71.5 Å². The van der Waals surface area contributed by atoms with Crippen LogP contribution < -0.4 is 10.2 Å². The van der Waals surface area contributed by atoms with Crippen molar-refractivity contribution in [3.63, 3.8) is 0 Å². The minimum atomic E-state index is -0.278. The van der Waals surface area contributed by atoms with Crippen molar-refractivity contribution in [3.8, 4) is 11.3 Å². The number of aromatic nitrogens is 3. The van der Waals surface area contributed by atoms with Crippen molar-refractivity contribution in [3.05, 3.63) is 72.7 Å². The van der Waals surface area contributed by atoms with Crippen molar-refractivity contribution < 1.29 is 9.21 Å². The minimum absolute atomic E-state index is 0.0166. The highest BCUT2D eigenvalue weighted by Crippen LogP contribution is 2.28. The summed E-state index contributed by atoms with van der Waals surface area (Å²) in [4.78, 5) is 27.9. The molecule has 0 aliphatic carbocycles. The summed E-state index contributed by atoms with van der Waals surface area (Å²) in [6.07, 6.45) is 6.96. The zero-order valence-corrected chi connectivity index (χ0v) is 16.4. The molecule has 5 rings (SSSR count). The highest BCUT2D eigenvalue weighted by atomic mass is 16.4. The van der Waals surface area contributed by atoms with E-state index in [4.69, 9.17) is 4.42 Å². The maximum Gasteiger partial charge on any atom is 0.299 e. The number of nitrogens with zero attached hydrogens (tertiary/aromatic N) is 4. The van der Waals surface area contributed by atoms with Crippen molar-refractivity contribution in [1.82, 2.24) is 20.3 Å². The van der Waals surface area contributed by atoms with Crippen molar-refractivity contribution in [1.29, 1.82) is 0 Å². The van der Waals surface area contributed by atoms with Crippen LogP contribution in [-0.2, 0) is 11.3 Å². The van der Waals surface area contributed by atoms with E-state index in [0.717, 1.165) is 47.3 Å². The molecule has 1 aliphatic heterocycles. The summed E-state index contributed by atoms with van der Waals surface area (Å²) < 4.78 is 5.88. The third-order valence-electron chi connectivity index (χ3n) is 5.35. The molecule has 7 heteroatoms. The average Bonchev–Trinajstić information content (AvgIpc) is 3.45. The number of carbonyl (C=O) groups excluding carboxylic acids is 1. The first-order valence-electron chi connectivity index (χ1n) is 10.0. The van der Waals surface area contributed by atoms with Crippen LogP contribution in [0, 0.1) is 0 Å². The molecule has 1 atom stereocenters. The van der Waals surface area contributed by atoms with Gasteiger partial charge in [-0.3, -0.25) is 14.8 Å².